The minimum absolute atomic E-state index is 0.339. The van der Waals surface area contributed by atoms with E-state index in [2.05, 4.69) is 4.99 Å². The van der Waals surface area contributed by atoms with Crippen molar-refractivity contribution in [1.82, 2.24) is 0 Å². The maximum Gasteiger partial charge on any atom is 0.328 e. The van der Waals surface area contributed by atoms with Gasteiger partial charge in [-0.15, -0.1) is 0 Å². The first-order valence-electron chi connectivity index (χ1n) is 2.96. The first-order valence-corrected chi connectivity index (χ1v) is 2.96. The molecular weight excluding hydrogens is 118 g/mol. The Bertz CT molecular complexity index is 153. The third-order valence-corrected chi connectivity index (χ3v) is 1.40. The van der Waals surface area contributed by atoms with E-state index in [-0.39, 0.29) is 0 Å². The van der Waals surface area contributed by atoms with Crippen LogP contribution in [0.25, 0.3) is 0 Å². The Hall–Kier alpha value is -0.860. The Labute approximate surface area is 53.4 Å². The van der Waals surface area contributed by atoms with Gasteiger partial charge in [-0.3, -0.25) is 4.99 Å². The fourth-order valence-electron chi connectivity index (χ4n) is 0.889. The van der Waals surface area contributed by atoms with E-state index >= 15 is 0 Å². The van der Waals surface area contributed by atoms with E-state index in [1.807, 2.05) is 6.92 Å². The number of carboxylic acid groups (broad SMARTS) is 1. The third-order valence-electron chi connectivity index (χ3n) is 1.40. The molecule has 50 valence electrons. The number of carboxylic acids is 1. The van der Waals surface area contributed by atoms with Crippen LogP contribution >= 0.6 is 0 Å². The molecule has 0 aromatic carbocycles. The summed E-state index contributed by atoms with van der Waals surface area (Å²) in [4.78, 5) is 14.0. The van der Waals surface area contributed by atoms with Crippen LogP contribution in [0, 0.1) is 5.92 Å². The van der Waals surface area contributed by atoms with Gasteiger partial charge in [0.15, 0.2) is 0 Å². The van der Waals surface area contributed by atoms with Crippen molar-refractivity contribution in [2.75, 3.05) is 0 Å². The van der Waals surface area contributed by atoms with Crippen molar-refractivity contribution < 1.29 is 9.90 Å². The second kappa shape index (κ2) is 2.17. The van der Waals surface area contributed by atoms with Crippen LogP contribution in [0.5, 0.6) is 0 Å². The Kier molecular flexibility index (Phi) is 1.51. The SMILES string of the molecule is C[C@H]1C=N[C@@H](C(=O)O)C1. The van der Waals surface area contributed by atoms with Crippen LogP contribution in [-0.4, -0.2) is 23.3 Å². The molecule has 0 bridgehead atoms. The van der Waals surface area contributed by atoms with E-state index in [0.29, 0.717) is 12.3 Å². The van der Waals surface area contributed by atoms with Crippen LogP contribution in [0.1, 0.15) is 13.3 Å². The Morgan fingerprint density at radius 3 is 2.78 bits per heavy atom. The molecule has 3 heteroatoms. The van der Waals surface area contributed by atoms with E-state index in [9.17, 15) is 4.79 Å². The average Bonchev–Trinajstić information content (AvgIpc) is 2.14. The monoisotopic (exact) mass is 127 g/mol. The molecule has 0 radical (unpaired) electrons. The van der Waals surface area contributed by atoms with Crippen molar-refractivity contribution >= 4 is 12.2 Å². The van der Waals surface area contributed by atoms with Gasteiger partial charge >= 0.3 is 5.97 Å². The summed E-state index contributed by atoms with van der Waals surface area (Å²) in [6.07, 6.45) is 2.37. The fraction of sp³-hybridized carbons (Fsp3) is 0.667. The second-order valence-corrected chi connectivity index (χ2v) is 2.37. The summed E-state index contributed by atoms with van der Waals surface area (Å²) >= 11 is 0. The van der Waals surface area contributed by atoms with Crippen molar-refractivity contribution in [1.29, 1.82) is 0 Å². The molecule has 0 aromatic rings. The molecule has 0 spiro atoms. The molecule has 0 aromatic heterocycles. The normalized spacial score (nSPS) is 33.0. The maximum absolute atomic E-state index is 10.2. The number of aliphatic imine (C=N–C) groups is 1. The number of carbonyl (C=O) groups is 1. The van der Waals surface area contributed by atoms with Gasteiger partial charge in [-0.1, -0.05) is 6.92 Å². The first kappa shape index (κ1) is 6.26. The fourth-order valence-corrected chi connectivity index (χ4v) is 0.889. The summed E-state index contributed by atoms with van der Waals surface area (Å²) in [5.41, 5.74) is 0. The van der Waals surface area contributed by atoms with E-state index in [1.165, 1.54) is 0 Å². The Balaban J connectivity index is 2.50. The minimum Gasteiger partial charge on any atom is -0.480 e. The van der Waals surface area contributed by atoms with Gasteiger partial charge in [-0.05, 0) is 12.3 Å². The number of rotatable bonds is 1. The molecule has 2 atom stereocenters. The molecule has 0 unspecified atom stereocenters. The average molecular weight is 127 g/mol. The predicted molar refractivity (Wildman–Crippen MR) is 33.7 cm³/mol. The lowest BCUT2D eigenvalue weighted by Crippen LogP contribution is -2.15. The molecule has 0 aliphatic carbocycles. The van der Waals surface area contributed by atoms with Gasteiger partial charge in [0.25, 0.3) is 0 Å². The van der Waals surface area contributed by atoms with Crippen molar-refractivity contribution in [2.24, 2.45) is 10.9 Å². The lowest BCUT2D eigenvalue weighted by atomic mass is 10.1. The summed E-state index contributed by atoms with van der Waals surface area (Å²) in [5.74, 6) is -0.471. The van der Waals surface area contributed by atoms with E-state index in [0.717, 1.165) is 0 Å². The molecule has 9 heavy (non-hydrogen) atoms. The van der Waals surface area contributed by atoms with Crippen LogP contribution < -0.4 is 0 Å². The molecule has 0 fully saturated rings. The quantitative estimate of drug-likeness (QED) is 0.559. The standard InChI is InChI=1S/C6H9NO2/c1-4-2-5(6(8)9)7-3-4/h3-5H,2H2,1H3,(H,8,9)/t4-,5-/m1/s1. The summed E-state index contributed by atoms with van der Waals surface area (Å²) in [5, 5.41) is 8.42. The maximum atomic E-state index is 10.2. The van der Waals surface area contributed by atoms with Gasteiger partial charge in [0.2, 0.25) is 0 Å². The molecule has 1 N–H and O–H groups in total. The van der Waals surface area contributed by atoms with Crippen LogP contribution in [-0.2, 0) is 4.79 Å². The third kappa shape index (κ3) is 1.28. The highest BCUT2D eigenvalue weighted by molar-refractivity contribution is 5.79. The number of hydrogen-bond donors (Lipinski definition) is 1. The molecule has 1 aliphatic heterocycles. The molecule has 1 heterocycles. The zero-order chi connectivity index (χ0) is 6.85. The van der Waals surface area contributed by atoms with Crippen LogP contribution in [0.4, 0.5) is 0 Å². The van der Waals surface area contributed by atoms with Crippen molar-refractivity contribution in [2.45, 2.75) is 19.4 Å². The van der Waals surface area contributed by atoms with Gasteiger partial charge in [0, 0.05) is 6.21 Å². The van der Waals surface area contributed by atoms with E-state index < -0.39 is 12.0 Å². The van der Waals surface area contributed by atoms with Gasteiger partial charge in [-0.2, -0.15) is 0 Å². The topological polar surface area (TPSA) is 49.7 Å². The molecule has 3 nitrogen and oxygen atoms in total. The highest BCUT2D eigenvalue weighted by Gasteiger charge is 2.22. The summed E-state index contributed by atoms with van der Waals surface area (Å²) in [7, 11) is 0. The first-order chi connectivity index (χ1) is 4.20. The predicted octanol–water partition coefficient (Wildman–Crippen LogP) is 0.550. The van der Waals surface area contributed by atoms with Crippen LogP contribution in [0.15, 0.2) is 4.99 Å². The molecule has 1 rings (SSSR count). The number of nitrogens with zero attached hydrogens (tertiary/aromatic N) is 1. The zero-order valence-electron chi connectivity index (χ0n) is 5.24. The lowest BCUT2D eigenvalue weighted by molar-refractivity contribution is -0.138. The van der Waals surface area contributed by atoms with Gasteiger partial charge in [-0.25, -0.2) is 4.79 Å². The zero-order valence-corrected chi connectivity index (χ0v) is 5.24. The molecular formula is C6H9NO2. The molecule has 1 aliphatic rings. The van der Waals surface area contributed by atoms with Crippen LogP contribution in [0.3, 0.4) is 0 Å². The number of hydrogen-bond acceptors (Lipinski definition) is 2. The molecule has 0 saturated heterocycles. The summed E-state index contributed by atoms with van der Waals surface area (Å²) in [6.45, 7) is 1.96. The summed E-state index contributed by atoms with van der Waals surface area (Å²) < 4.78 is 0. The van der Waals surface area contributed by atoms with Crippen molar-refractivity contribution in [3.05, 3.63) is 0 Å². The number of aliphatic carboxylic acids is 1. The van der Waals surface area contributed by atoms with Crippen molar-refractivity contribution in [3.8, 4) is 0 Å². The smallest absolute Gasteiger partial charge is 0.328 e. The Morgan fingerprint density at radius 2 is 2.56 bits per heavy atom. The highest BCUT2D eigenvalue weighted by atomic mass is 16.4. The summed E-state index contributed by atoms with van der Waals surface area (Å²) in [6, 6.07) is -0.472. The van der Waals surface area contributed by atoms with Crippen LogP contribution in [0.2, 0.25) is 0 Å². The van der Waals surface area contributed by atoms with Crippen molar-refractivity contribution in [3.63, 3.8) is 0 Å². The van der Waals surface area contributed by atoms with E-state index in [1.54, 1.807) is 6.21 Å². The van der Waals surface area contributed by atoms with Gasteiger partial charge in [0.1, 0.15) is 6.04 Å². The Morgan fingerprint density at radius 1 is 1.89 bits per heavy atom. The minimum atomic E-state index is -0.810. The largest absolute Gasteiger partial charge is 0.480 e. The lowest BCUT2D eigenvalue weighted by Gasteiger charge is -1.98. The highest BCUT2D eigenvalue weighted by Crippen LogP contribution is 2.13. The second-order valence-electron chi connectivity index (χ2n) is 2.37. The molecule has 0 amide bonds. The molecule has 0 saturated carbocycles. The van der Waals surface area contributed by atoms with Gasteiger partial charge in [0.05, 0.1) is 0 Å². The van der Waals surface area contributed by atoms with Gasteiger partial charge < -0.3 is 5.11 Å². The van der Waals surface area contributed by atoms with E-state index in [4.69, 9.17) is 5.11 Å².